The molecule has 1 aromatic heterocycles. The van der Waals surface area contributed by atoms with Gasteiger partial charge in [0.15, 0.2) is 0 Å². The molecule has 114 valence electrons. The normalized spacial score (nSPS) is 10.8. The molecule has 0 aliphatic heterocycles. The minimum absolute atomic E-state index is 0.882. The first-order chi connectivity index (χ1) is 10.3. The number of aromatic nitrogens is 1. The fourth-order valence-corrected chi connectivity index (χ4v) is 3.28. The molecule has 21 heavy (non-hydrogen) atoms. The Bertz CT molecular complexity index is 548. The molecule has 0 atom stereocenters. The summed E-state index contributed by atoms with van der Waals surface area (Å²) in [5.74, 6) is 0.882. The van der Waals surface area contributed by atoms with Crippen molar-refractivity contribution in [1.82, 2.24) is 10.3 Å². The summed E-state index contributed by atoms with van der Waals surface area (Å²) >= 11 is 1.79. The van der Waals surface area contributed by atoms with Gasteiger partial charge in [0.2, 0.25) is 0 Å². The first kappa shape index (κ1) is 16.0. The minimum Gasteiger partial charge on any atom is -0.497 e. The van der Waals surface area contributed by atoms with Gasteiger partial charge in [-0.05, 0) is 43.7 Å². The molecule has 0 aliphatic carbocycles. The van der Waals surface area contributed by atoms with Gasteiger partial charge in [-0.15, -0.1) is 11.3 Å². The Morgan fingerprint density at radius 2 is 1.95 bits per heavy atom. The first-order valence-corrected chi connectivity index (χ1v) is 8.43. The van der Waals surface area contributed by atoms with Gasteiger partial charge in [-0.2, -0.15) is 0 Å². The van der Waals surface area contributed by atoms with Gasteiger partial charge in [-0.3, -0.25) is 0 Å². The Labute approximate surface area is 131 Å². The summed E-state index contributed by atoms with van der Waals surface area (Å²) in [5.41, 5.74) is 2.38. The molecule has 0 saturated heterocycles. The molecule has 2 rings (SSSR count). The molecule has 0 bridgehead atoms. The molecule has 4 heteroatoms. The van der Waals surface area contributed by atoms with Crippen LogP contribution in [0.25, 0.3) is 10.6 Å². The summed E-state index contributed by atoms with van der Waals surface area (Å²) in [7, 11) is 1.69. The number of nitrogens with one attached hydrogen (secondary N) is 1. The Morgan fingerprint density at radius 3 is 2.57 bits per heavy atom. The summed E-state index contributed by atoms with van der Waals surface area (Å²) in [6.45, 7) is 6.39. The molecule has 2 aromatic rings. The zero-order chi connectivity index (χ0) is 15.1. The largest absolute Gasteiger partial charge is 0.497 e. The van der Waals surface area contributed by atoms with Gasteiger partial charge in [0.05, 0.1) is 12.8 Å². The number of rotatable bonds is 8. The van der Waals surface area contributed by atoms with Crippen LogP contribution >= 0.6 is 11.3 Å². The van der Waals surface area contributed by atoms with Gasteiger partial charge in [0, 0.05) is 17.0 Å². The molecule has 0 radical (unpaired) electrons. The van der Waals surface area contributed by atoms with E-state index in [0.717, 1.165) is 35.8 Å². The predicted molar refractivity (Wildman–Crippen MR) is 90.1 cm³/mol. The number of benzene rings is 1. The Morgan fingerprint density at radius 1 is 1.19 bits per heavy atom. The highest BCUT2D eigenvalue weighted by atomic mass is 32.1. The van der Waals surface area contributed by atoms with Crippen molar-refractivity contribution in [3.05, 3.63) is 34.8 Å². The molecule has 0 aliphatic rings. The van der Waals surface area contributed by atoms with E-state index < -0.39 is 0 Å². The molecule has 1 heterocycles. The summed E-state index contributed by atoms with van der Waals surface area (Å²) in [4.78, 5) is 6.15. The second-order valence-electron chi connectivity index (χ2n) is 5.00. The van der Waals surface area contributed by atoms with E-state index in [1.165, 1.54) is 23.4 Å². The van der Waals surface area contributed by atoms with Crippen LogP contribution in [0.1, 0.15) is 37.3 Å². The van der Waals surface area contributed by atoms with Crippen LogP contribution in [0.4, 0.5) is 0 Å². The molecule has 0 saturated carbocycles. The predicted octanol–water partition coefficient (Wildman–Crippen LogP) is 4.27. The number of ether oxygens (including phenoxy) is 1. The van der Waals surface area contributed by atoms with Crippen molar-refractivity contribution in [1.29, 1.82) is 0 Å². The van der Waals surface area contributed by atoms with Gasteiger partial charge in [0.1, 0.15) is 10.8 Å². The van der Waals surface area contributed by atoms with Crippen molar-refractivity contribution < 1.29 is 4.74 Å². The summed E-state index contributed by atoms with van der Waals surface area (Å²) in [6.07, 6.45) is 3.44. The SMILES string of the molecule is CCCCNCc1sc(-c2ccc(OC)cc2)nc1CC. The van der Waals surface area contributed by atoms with E-state index in [-0.39, 0.29) is 0 Å². The van der Waals surface area contributed by atoms with Gasteiger partial charge in [-0.1, -0.05) is 20.3 Å². The lowest BCUT2D eigenvalue weighted by molar-refractivity contribution is 0.415. The van der Waals surface area contributed by atoms with E-state index in [2.05, 4.69) is 31.3 Å². The molecule has 0 amide bonds. The molecule has 1 aromatic carbocycles. The average molecular weight is 304 g/mol. The van der Waals surface area contributed by atoms with Gasteiger partial charge < -0.3 is 10.1 Å². The van der Waals surface area contributed by atoms with E-state index in [1.807, 2.05) is 12.1 Å². The van der Waals surface area contributed by atoms with Crippen LogP contribution in [0, 0.1) is 0 Å². The Balaban J connectivity index is 2.11. The lowest BCUT2D eigenvalue weighted by Crippen LogP contribution is -2.14. The maximum atomic E-state index is 5.20. The summed E-state index contributed by atoms with van der Waals surface area (Å²) < 4.78 is 5.20. The van der Waals surface area contributed by atoms with Crippen molar-refractivity contribution >= 4 is 11.3 Å². The monoisotopic (exact) mass is 304 g/mol. The second kappa shape index (κ2) is 8.15. The van der Waals surface area contributed by atoms with E-state index >= 15 is 0 Å². The summed E-state index contributed by atoms with van der Waals surface area (Å²) in [5, 5.41) is 4.61. The second-order valence-corrected chi connectivity index (χ2v) is 6.08. The molecular weight excluding hydrogens is 280 g/mol. The van der Waals surface area contributed by atoms with Crippen LogP contribution in [-0.2, 0) is 13.0 Å². The number of thiazole rings is 1. The number of nitrogens with zero attached hydrogens (tertiary/aromatic N) is 1. The maximum absolute atomic E-state index is 5.20. The topological polar surface area (TPSA) is 34.1 Å². The number of hydrogen-bond donors (Lipinski definition) is 1. The van der Waals surface area contributed by atoms with Crippen LogP contribution in [0.3, 0.4) is 0 Å². The van der Waals surface area contributed by atoms with Crippen molar-refractivity contribution in [3.8, 4) is 16.3 Å². The van der Waals surface area contributed by atoms with E-state index in [9.17, 15) is 0 Å². The zero-order valence-corrected chi connectivity index (χ0v) is 13.9. The fourth-order valence-electron chi connectivity index (χ4n) is 2.16. The van der Waals surface area contributed by atoms with Crippen LogP contribution in [-0.4, -0.2) is 18.6 Å². The third-order valence-corrected chi connectivity index (χ3v) is 4.59. The van der Waals surface area contributed by atoms with Crippen LogP contribution in [0.2, 0.25) is 0 Å². The molecule has 1 N–H and O–H groups in total. The van der Waals surface area contributed by atoms with Crippen LogP contribution in [0.15, 0.2) is 24.3 Å². The third-order valence-electron chi connectivity index (χ3n) is 3.44. The van der Waals surface area contributed by atoms with Gasteiger partial charge in [-0.25, -0.2) is 4.98 Å². The van der Waals surface area contributed by atoms with Crippen molar-refractivity contribution in [3.63, 3.8) is 0 Å². The molecule has 3 nitrogen and oxygen atoms in total. The molecule has 0 fully saturated rings. The van der Waals surface area contributed by atoms with E-state index in [4.69, 9.17) is 9.72 Å². The number of methoxy groups -OCH3 is 1. The molecule has 0 spiro atoms. The van der Waals surface area contributed by atoms with E-state index in [0.29, 0.717) is 0 Å². The number of aryl methyl sites for hydroxylation is 1. The fraction of sp³-hybridized carbons (Fsp3) is 0.471. The maximum Gasteiger partial charge on any atom is 0.123 e. The third kappa shape index (κ3) is 4.29. The van der Waals surface area contributed by atoms with Crippen molar-refractivity contribution in [2.24, 2.45) is 0 Å². The average Bonchev–Trinajstić information content (AvgIpc) is 2.95. The summed E-state index contributed by atoms with van der Waals surface area (Å²) in [6, 6.07) is 8.12. The smallest absolute Gasteiger partial charge is 0.123 e. The standard InChI is InChI=1S/C17H24N2OS/c1-4-6-11-18-12-16-15(5-2)19-17(21-16)13-7-9-14(20-3)10-8-13/h7-10,18H,4-6,11-12H2,1-3H3. The molecular formula is C17H24N2OS. The van der Waals surface area contributed by atoms with Crippen molar-refractivity contribution in [2.75, 3.05) is 13.7 Å². The Kier molecular flexibility index (Phi) is 6.21. The van der Waals surface area contributed by atoms with Crippen LogP contribution in [0.5, 0.6) is 5.75 Å². The highest BCUT2D eigenvalue weighted by molar-refractivity contribution is 7.15. The zero-order valence-electron chi connectivity index (χ0n) is 13.1. The Hall–Kier alpha value is -1.39. The van der Waals surface area contributed by atoms with Crippen LogP contribution < -0.4 is 10.1 Å². The minimum atomic E-state index is 0.882. The number of hydrogen-bond acceptors (Lipinski definition) is 4. The first-order valence-electron chi connectivity index (χ1n) is 7.62. The highest BCUT2D eigenvalue weighted by Crippen LogP contribution is 2.29. The number of unbranched alkanes of at least 4 members (excludes halogenated alkanes) is 1. The lowest BCUT2D eigenvalue weighted by atomic mass is 10.2. The molecule has 0 unspecified atom stereocenters. The van der Waals surface area contributed by atoms with E-state index in [1.54, 1.807) is 18.4 Å². The van der Waals surface area contributed by atoms with Gasteiger partial charge in [0.25, 0.3) is 0 Å². The quantitative estimate of drug-likeness (QED) is 0.740. The lowest BCUT2D eigenvalue weighted by Gasteiger charge is -2.02. The van der Waals surface area contributed by atoms with Crippen molar-refractivity contribution in [2.45, 2.75) is 39.7 Å². The van der Waals surface area contributed by atoms with Gasteiger partial charge >= 0.3 is 0 Å². The highest BCUT2D eigenvalue weighted by Gasteiger charge is 2.11.